The van der Waals surface area contributed by atoms with Gasteiger partial charge in [-0.25, -0.2) is 8.42 Å². The zero-order valence-electron chi connectivity index (χ0n) is 16.7. The summed E-state index contributed by atoms with van der Waals surface area (Å²) in [6.45, 7) is 3.10. The number of halogens is 1. The number of benzene rings is 2. The molecular weight excluding hydrogens is 430 g/mol. The number of nitrogens with one attached hydrogen (secondary N) is 2. The highest BCUT2D eigenvalue weighted by atomic mass is 35.5. The first-order chi connectivity index (χ1) is 14.1. The second kappa shape index (κ2) is 8.63. The predicted octanol–water partition coefficient (Wildman–Crippen LogP) is 2.30. The number of carbonyl (C=O) groups excluding carboxylic acids is 2. The first kappa shape index (κ1) is 22.1. The van der Waals surface area contributed by atoms with Crippen molar-refractivity contribution in [2.24, 2.45) is 0 Å². The van der Waals surface area contributed by atoms with Crippen molar-refractivity contribution in [2.45, 2.75) is 31.4 Å². The molecule has 160 valence electrons. The summed E-state index contributed by atoms with van der Waals surface area (Å²) in [5.41, 5.74) is 1.69. The number of ether oxygens (including phenoxy) is 1. The lowest BCUT2D eigenvalue weighted by Crippen LogP contribution is -2.38. The molecule has 1 aliphatic heterocycles. The van der Waals surface area contributed by atoms with Crippen LogP contribution in [0.1, 0.15) is 18.1 Å². The molecule has 0 fully saturated rings. The Balaban J connectivity index is 1.71. The third-order valence-corrected chi connectivity index (χ3v) is 6.86. The van der Waals surface area contributed by atoms with Crippen LogP contribution >= 0.6 is 11.6 Å². The third-order valence-electron chi connectivity index (χ3n) is 4.67. The van der Waals surface area contributed by atoms with E-state index in [2.05, 4.69) is 10.6 Å². The largest absolute Gasteiger partial charge is 0.479 e. The molecule has 1 heterocycles. The van der Waals surface area contributed by atoms with Crippen molar-refractivity contribution in [1.29, 1.82) is 0 Å². The Hall–Kier alpha value is -2.62. The topological polar surface area (TPSA) is 105 Å². The van der Waals surface area contributed by atoms with E-state index < -0.39 is 22.0 Å². The summed E-state index contributed by atoms with van der Waals surface area (Å²) in [6, 6.07) is 9.89. The van der Waals surface area contributed by atoms with E-state index in [1.807, 2.05) is 0 Å². The molecule has 30 heavy (non-hydrogen) atoms. The minimum Gasteiger partial charge on any atom is -0.479 e. The first-order valence-electron chi connectivity index (χ1n) is 9.17. The zero-order valence-corrected chi connectivity index (χ0v) is 18.3. The van der Waals surface area contributed by atoms with Crippen LogP contribution in [0.2, 0.25) is 5.02 Å². The number of nitrogens with zero attached hydrogens (tertiary/aromatic N) is 1. The monoisotopic (exact) mass is 451 g/mol. The van der Waals surface area contributed by atoms with Crippen LogP contribution in [-0.2, 0) is 26.2 Å². The lowest BCUT2D eigenvalue weighted by Gasteiger charge is -2.25. The Labute approximate surface area is 180 Å². The molecule has 0 aromatic heterocycles. The summed E-state index contributed by atoms with van der Waals surface area (Å²) in [5, 5.41) is 5.96. The van der Waals surface area contributed by atoms with Crippen LogP contribution in [0.5, 0.6) is 5.75 Å². The van der Waals surface area contributed by atoms with E-state index in [0.29, 0.717) is 16.3 Å². The van der Waals surface area contributed by atoms with Crippen LogP contribution in [-0.4, -0.2) is 44.2 Å². The smallest absolute Gasteiger partial charge is 0.265 e. The Kier molecular flexibility index (Phi) is 6.35. The van der Waals surface area contributed by atoms with Gasteiger partial charge >= 0.3 is 0 Å². The minimum absolute atomic E-state index is 0.0117. The standard InChI is InChI=1S/C20H22ClN3O5S/c1-12-8-16-17(29-13(2)20(26)23-16)9-18(12)30(27,28)24(3)11-19(25)22-10-14-4-6-15(21)7-5-14/h4-9,13H,10-11H2,1-3H3,(H,22,25)(H,23,26)/t13-/m0/s1. The number of anilines is 1. The van der Waals surface area contributed by atoms with E-state index >= 15 is 0 Å². The molecule has 1 atom stereocenters. The van der Waals surface area contributed by atoms with Gasteiger partial charge in [0.2, 0.25) is 15.9 Å². The van der Waals surface area contributed by atoms with Crippen molar-refractivity contribution in [3.05, 3.63) is 52.5 Å². The number of likely N-dealkylation sites (N-methyl/N-ethyl adjacent to an activating group) is 1. The van der Waals surface area contributed by atoms with Crippen LogP contribution < -0.4 is 15.4 Å². The maximum Gasteiger partial charge on any atom is 0.265 e. The molecule has 0 bridgehead atoms. The molecule has 2 aromatic rings. The Morgan fingerprint density at radius 2 is 1.93 bits per heavy atom. The fraction of sp³-hybridized carbons (Fsp3) is 0.300. The molecule has 1 aliphatic rings. The third kappa shape index (κ3) is 4.75. The maximum atomic E-state index is 13.0. The van der Waals surface area contributed by atoms with Crippen LogP contribution in [0.3, 0.4) is 0 Å². The van der Waals surface area contributed by atoms with Crippen molar-refractivity contribution in [1.82, 2.24) is 9.62 Å². The van der Waals surface area contributed by atoms with E-state index in [1.54, 1.807) is 44.2 Å². The number of carbonyl (C=O) groups is 2. The van der Waals surface area contributed by atoms with Gasteiger partial charge < -0.3 is 15.4 Å². The van der Waals surface area contributed by atoms with E-state index in [1.165, 1.54) is 13.1 Å². The van der Waals surface area contributed by atoms with Crippen LogP contribution in [0.4, 0.5) is 5.69 Å². The average Bonchev–Trinajstić information content (AvgIpc) is 2.68. The number of amides is 2. The van der Waals surface area contributed by atoms with Gasteiger partial charge in [-0.05, 0) is 43.2 Å². The summed E-state index contributed by atoms with van der Waals surface area (Å²) >= 11 is 5.83. The van der Waals surface area contributed by atoms with Gasteiger partial charge in [0.25, 0.3) is 5.91 Å². The minimum atomic E-state index is -3.96. The number of rotatable bonds is 6. The lowest BCUT2D eigenvalue weighted by molar-refractivity contribution is -0.123. The molecule has 10 heteroatoms. The molecule has 3 rings (SSSR count). The Morgan fingerprint density at radius 1 is 1.27 bits per heavy atom. The van der Waals surface area contributed by atoms with Gasteiger partial charge in [0.05, 0.1) is 17.1 Å². The van der Waals surface area contributed by atoms with Crippen molar-refractivity contribution < 1.29 is 22.7 Å². The van der Waals surface area contributed by atoms with Gasteiger partial charge in [-0.1, -0.05) is 23.7 Å². The number of hydrogen-bond acceptors (Lipinski definition) is 5. The van der Waals surface area contributed by atoms with Gasteiger partial charge in [0, 0.05) is 24.7 Å². The first-order valence-corrected chi connectivity index (χ1v) is 11.0. The van der Waals surface area contributed by atoms with E-state index in [9.17, 15) is 18.0 Å². The highest BCUT2D eigenvalue weighted by Crippen LogP contribution is 2.35. The van der Waals surface area contributed by atoms with Crippen LogP contribution in [0, 0.1) is 6.92 Å². The summed E-state index contributed by atoms with van der Waals surface area (Å²) in [5.74, 6) is -0.470. The van der Waals surface area contributed by atoms with Crippen molar-refractivity contribution in [3.8, 4) is 5.75 Å². The SMILES string of the molecule is Cc1cc2c(cc1S(=O)(=O)N(C)CC(=O)NCc1ccc(Cl)cc1)O[C@@H](C)C(=O)N2. The molecule has 2 amide bonds. The molecule has 0 saturated heterocycles. The normalized spacial score (nSPS) is 15.9. The summed E-state index contributed by atoms with van der Waals surface area (Å²) in [6.07, 6.45) is -0.730. The zero-order chi connectivity index (χ0) is 22.1. The second-order valence-corrected chi connectivity index (χ2v) is 9.48. The summed E-state index contributed by atoms with van der Waals surface area (Å²) < 4.78 is 32.5. The predicted molar refractivity (Wildman–Crippen MR) is 113 cm³/mol. The van der Waals surface area contributed by atoms with Crippen LogP contribution in [0.25, 0.3) is 0 Å². The molecule has 2 aromatic carbocycles. The Bertz CT molecular complexity index is 1090. The number of aryl methyl sites for hydroxylation is 1. The van der Waals surface area contributed by atoms with Crippen molar-refractivity contribution in [3.63, 3.8) is 0 Å². The number of sulfonamides is 1. The highest BCUT2D eigenvalue weighted by molar-refractivity contribution is 7.89. The molecule has 2 N–H and O–H groups in total. The summed E-state index contributed by atoms with van der Waals surface area (Å²) in [7, 11) is -2.62. The molecule has 0 saturated carbocycles. The molecule has 0 aliphatic carbocycles. The summed E-state index contributed by atoms with van der Waals surface area (Å²) in [4.78, 5) is 24.0. The fourth-order valence-corrected chi connectivity index (χ4v) is 4.41. The van der Waals surface area contributed by atoms with Crippen molar-refractivity contribution in [2.75, 3.05) is 18.9 Å². The lowest BCUT2D eigenvalue weighted by atomic mass is 10.1. The van der Waals surface area contributed by atoms with Gasteiger partial charge in [0.15, 0.2) is 6.10 Å². The van der Waals surface area contributed by atoms with Gasteiger partial charge in [-0.15, -0.1) is 0 Å². The highest BCUT2D eigenvalue weighted by Gasteiger charge is 2.30. The maximum absolute atomic E-state index is 13.0. The van der Waals surface area contributed by atoms with Gasteiger partial charge in [-0.2, -0.15) is 4.31 Å². The average molecular weight is 452 g/mol. The molecule has 8 nitrogen and oxygen atoms in total. The molecule has 0 spiro atoms. The van der Waals surface area contributed by atoms with Gasteiger partial charge in [0.1, 0.15) is 5.75 Å². The fourth-order valence-electron chi connectivity index (χ4n) is 2.93. The molecule has 0 unspecified atom stereocenters. The van der Waals surface area contributed by atoms with Gasteiger partial charge in [-0.3, -0.25) is 9.59 Å². The van der Waals surface area contributed by atoms with Crippen LogP contribution in [0.15, 0.2) is 41.3 Å². The van der Waals surface area contributed by atoms with E-state index in [4.69, 9.17) is 16.3 Å². The number of hydrogen-bond donors (Lipinski definition) is 2. The van der Waals surface area contributed by atoms with E-state index in [-0.39, 0.29) is 29.6 Å². The molecule has 0 radical (unpaired) electrons. The van der Waals surface area contributed by atoms with E-state index in [0.717, 1.165) is 9.87 Å². The Morgan fingerprint density at radius 3 is 2.60 bits per heavy atom. The number of fused-ring (bicyclic) bond motifs is 1. The quantitative estimate of drug-likeness (QED) is 0.701. The second-order valence-electron chi connectivity index (χ2n) is 7.03. The molecular formula is C20H22ClN3O5S. The van der Waals surface area contributed by atoms with Crippen molar-refractivity contribution >= 4 is 39.1 Å².